The molecule has 0 amide bonds. The van der Waals surface area contributed by atoms with E-state index >= 15 is 0 Å². The van der Waals surface area contributed by atoms with Crippen LogP contribution in [0, 0.1) is 13.8 Å². The molecule has 2 aliphatic rings. The smallest absolute Gasteiger partial charge is 0.129 e. The van der Waals surface area contributed by atoms with Crippen molar-refractivity contribution in [3.05, 3.63) is 50.0 Å². The SMILES string of the molecule is COc1c(C)cc2c(c1-c1c(C)c(Br)cc3c1CCCC3)CCCC2. The molecule has 0 fully saturated rings. The Kier molecular flexibility index (Phi) is 4.66. The van der Waals surface area contributed by atoms with E-state index in [9.17, 15) is 0 Å². The molecule has 132 valence electrons. The Balaban J connectivity index is 2.09. The fraction of sp³-hybridized carbons (Fsp3) is 0.478. The molecule has 4 rings (SSSR count). The lowest BCUT2D eigenvalue weighted by Crippen LogP contribution is -2.12. The van der Waals surface area contributed by atoms with Gasteiger partial charge in [0.15, 0.2) is 0 Å². The Bertz CT molecular complexity index is 835. The van der Waals surface area contributed by atoms with Gasteiger partial charge < -0.3 is 4.74 Å². The van der Waals surface area contributed by atoms with E-state index < -0.39 is 0 Å². The summed E-state index contributed by atoms with van der Waals surface area (Å²) in [6.45, 7) is 4.47. The first-order chi connectivity index (χ1) is 12.1. The molecule has 0 saturated carbocycles. The molecule has 2 aromatic rings. The maximum Gasteiger partial charge on any atom is 0.129 e. The summed E-state index contributed by atoms with van der Waals surface area (Å²) in [5.41, 5.74) is 11.7. The van der Waals surface area contributed by atoms with Crippen molar-refractivity contribution in [2.24, 2.45) is 0 Å². The van der Waals surface area contributed by atoms with Crippen molar-refractivity contribution in [2.45, 2.75) is 65.2 Å². The molecule has 0 aliphatic heterocycles. The molecule has 2 aromatic carbocycles. The van der Waals surface area contributed by atoms with Gasteiger partial charge in [-0.05, 0) is 110 Å². The number of methoxy groups -OCH3 is 1. The fourth-order valence-corrected chi connectivity index (χ4v) is 5.36. The largest absolute Gasteiger partial charge is 0.496 e. The van der Waals surface area contributed by atoms with Crippen molar-refractivity contribution in [1.29, 1.82) is 0 Å². The molecule has 25 heavy (non-hydrogen) atoms. The van der Waals surface area contributed by atoms with Crippen LogP contribution in [-0.4, -0.2) is 7.11 Å². The van der Waals surface area contributed by atoms with Crippen molar-refractivity contribution in [1.82, 2.24) is 0 Å². The van der Waals surface area contributed by atoms with E-state index in [1.807, 2.05) is 7.11 Å². The van der Waals surface area contributed by atoms with Crippen LogP contribution in [-0.2, 0) is 25.7 Å². The van der Waals surface area contributed by atoms with E-state index in [1.165, 1.54) is 83.7 Å². The van der Waals surface area contributed by atoms with E-state index in [2.05, 4.69) is 41.9 Å². The van der Waals surface area contributed by atoms with Crippen LogP contribution >= 0.6 is 15.9 Å². The van der Waals surface area contributed by atoms with Crippen LogP contribution in [0.1, 0.15) is 59.1 Å². The van der Waals surface area contributed by atoms with Gasteiger partial charge in [-0.15, -0.1) is 0 Å². The van der Waals surface area contributed by atoms with Gasteiger partial charge in [-0.1, -0.05) is 22.0 Å². The molecular formula is C23H27BrO. The number of hydrogen-bond donors (Lipinski definition) is 0. The van der Waals surface area contributed by atoms with Crippen LogP contribution in [0.15, 0.2) is 16.6 Å². The third-order valence-corrected chi connectivity index (χ3v) is 6.91. The molecule has 0 aromatic heterocycles. The first-order valence-electron chi connectivity index (χ1n) is 9.62. The summed E-state index contributed by atoms with van der Waals surface area (Å²) in [5.74, 6) is 1.09. The average Bonchev–Trinajstić information content (AvgIpc) is 2.62. The van der Waals surface area contributed by atoms with Crippen molar-refractivity contribution >= 4 is 15.9 Å². The Morgan fingerprint density at radius 2 is 1.36 bits per heavy atom. The van der Waals surface area contributed by atoms with Gasteiger partial charge in [-0.25, -0.2) is 0 Å². The summed E-state index contributed by atoms with van der Waals surface area (Å²) in [4.78, 5) is 0. The molecule has 0 unspecified atom stereocenters. The van der Waals surface area contributed by atoms with Crippen LogP contribution in [0.25, 0.3) is 11.1 Å². The van der Waals surface area contributed by atoms with E-state index in [1.54, 1.807) is 16.7 Å². The highest BCUT2D eigenvalue weighted by Gasteiger charge is 2.26. The molecule has 1 nitrogen and oxygen atoms in total. The molecule has 0 bridgehead atoms. The summed E-state index contributed by atoms with van der Waals surface area (Å²) < 4.78 is 7.21. The van der Waals surface area contributed by atoms with Gasteiger partial charge in [-0.3, -0.25) is 0 Å². The Hall–Kier alpha value is -1.28. The molecule has 0 heterocycles. The minimum Gasteiger partial charge on any atom is -0.496 e. The third-order valence-electron chi connectivity index (χ3n) is 6.09. The standard InChI is InChI=1S/C23H27BrO/c1-14-12-16-8-4-7-11-19(16)22(23(14)25-3)21-15(2)20(24)13-17-9-5-6-10-18(17)21/h12-13H,4-11H2,1-3H3. The Labute approximate surface area is 159 Å². The molecule has 0 spiro atoms. The first-order valence-corrected chi connectivity index (χ1v) is 10.4. The number of rotatable bonds is 2. The second kappa shape index (κ2) is 6.79. The van der Waals surface area contributed by atoms with Crippen LogP contribution in [0.3, 0.4) is 0 Å². The summed E-state index contributed by atoms with van der Waals surface area (Å²) in [6, 6.07) is 4.73. The van der Waals surface area contributed by atoms with Gasteiger partial charge in [0.05, 0.1) is 7.11 Å². The molecular weight excluding hydrogens is 372 g/mol. The van der Waals surface area contributed by atoms with Gasteiger partial charge in [0.25, 0.3) is 0 Å². The number of benzene rings is 2. The summed E-state index contributed by atoms with van der Waals surface area (Å²) in [7, 11) is 1.83. The Morgan fingerprint density at radius 3 is 2.00 bits per heavy atom. The molecule has 2 heteroatoms. The van der Waals surface area contributed by atoms with Crippen LogP contribution in [0.2, 0.25) is 0 Å². The highest BCUT2D eigenvalue weighted by molar-refractivity contribution is 9.10. The minimum absolute atomic E-state index is 1.09. The van der Waals surface area contributed by atoms with Gasteiger partial charge in [0.1, 0.15) is 5.75 Å². The zero-order valence-electron chi connectivity index (χ0n) is 15.6. The summed E-state index contributed by atoms with van der Waals surface area (Å²) >= 11 is 3.84. The van der Waals surface area contributed by atoms with Crippen LogP contribution in [0.5, 0.6) is 5.75 Å². The summed E-state index contributed by atoms with van der Waals surface area (Å²) in [5, 5.41) is 0. The third kappa shape index (κ3) is 2.83. The molecule has 0 radical (unpaired) electrons. The second-order valence-corrected chi connectivity index (χ2v) is 8.50. The summed E-state index contributed by atoms with van der Waals surface area (Å²) in [6.07, 6.45) is 10.0. The lowest BCUT2D eigenvalue weighted by Gasteiger charge is -2.28. The lowest BCUT2D eigenvalue weighted by atomic mass is 9.78. The second-order valence-electron chi connectivity index (χ2n) is 7.65. The van der Waals surface area contributed by atoms with E-state index in [4.69, 9.17) is 4.74 Å². The number of hydrogen-bond acceptors (Lipinski definition) is 1. The van der Waals surface area contributed by atoms with E-state index in [0.29, 0.717) is 0 Å². The number of ether oxygens (including phenoxy) is 1. The van der Waals surface area contributed by atoms with Crippen LogP contribution < -0.4 is 4.74 Å². The predicted molar refractivity (Wildman–Crippen MR) is 109 cm³/mol. The van der Waals surface area contributed by atoms with E-state index in [-0.39, 0.29) is 0 Å². The molecule has 0 saturated heterocycles. The number of aryl methyl sites for hydroxylation is 3. The highest BCUT2D eigenvalue weighted by atomic mass is 79.9. The van der Waals surface area contributed by atoms with Crippen LogP contribution in [0.4, 0.5) is 0 Å². The normalized spacial score (nSPS) is 16.3. The highest BCUT2D eigenvalue weighted by Crippen LogP contribution is 2.47. The zero-order valence-corrected chi connectivity index (χ0v) is 17.2. The average molecular weight is 399 g/mol. The fourth-order valence-electron chi connectivity index (χ4n) is 4.88. The quantitative estimate of drug-likeness (QED) is 0.560. The lowest BCUT2D eigenvalue weighted by molar-refractivity contribution is 0.412. The molecule has 0 atom stereocenters. The topological polar surface area (TPSA) is 9.23 Å². The first kappa shape index (κ1) is 17.1. The van der Waals surface area contributed by atoms with Crippen molar-refractivity contribution in [3.63, 3.8) is 0 Å². The predicted octanol–water partition coefficient (Wildman–Crippen LogP) is 6.50. The molecule has 2 aliphatic carbocycles. The van der Waals surface area contributed by atoms with Gasteiger partial charge in [0.2, 0.25) is 0 Å². The van der Waals surface area contributed by atoms with Crippen molar-refractivity contribution < 1.29 is 4.74 Å². The molecule has 0 N–H and O–H groups in total. The van der Waals surface area contributed by atoms with Crippen molar-refractivity contribution in [3.8, 4) is 16.9 Å². The van der Waals surface area contributed by atoms with Gasteiger partial charge in [0, 0.05) is 10.0 Å². The Morgan fingerprint density at radius 1 is 0.800 bits per heavy atom. The van der Waals surface area contributed by atoms with Gasteiger partial charge in [-0.2, -0.15) is 0 Å². The van der Waals surface area contributed by atoms with E-state index in [0.717, 1.165) is 5.75 Å². The monoisotopic (exact) mass is 398 g/mol. The van der Waals surface area contributed by atoms with Crippen molar-refractivity contribution in [2.75, 3.05) is 7.11 Å². The maximum atomic E-state index is 5.97. The zero-order chi connectivity index (χ0) is 17.6. The number of halogens is 1. The maximum absolute atomic E-state index is 5.97. The minimum atomic E-state index is 1.09. The van der Waals surface area contributed by atoms with Gasteiger partial charge >= 0.3 is 0 Å². The number of fused-ring (bicyclic) bond motifs is 2.